The molecule has 5 amide bonds. The van der Waals surface area contributed by atoms with Gasteiger partial charge in [-0.1, -0.05) is 32.9 Å². The molecule has 0 spiro atoms. The van der Waals surface area contributed by atoms with E-state index in [9.17, 15) is 28.5 Å². The maximum Gasteiger partial charge on any atom is 0.524 e. The van der Waals surface area contributed by atoms with Gasteiger partial charge in [0.1, 0.15) is 17.8 Å². The van der Waals surface area contributed by atoms with Gasteiger partial charge in [0.25, 0.3) is 0 Å². The molecule has 1 fully saturated rings. The Hall–Kier alpha value is -3.48. The summed E-state index contributed by atoms with van der Waals surface area (Å²) >= 11 is 0. The van der Waals surface area contributed by atoms with Gasteiger partial charge in [0.05, 0.1) is 18.3 Å². The number of rotatable bonds is 13. The monoisotopic (exact) mass is 555 g/mol. The number of carbonyl (C=O) groups excluding carboxylic acids is 5. The van der Waals surface area contributed by atoms with E-state index in [0.717, 1.165) is 0 Å². The van der Waals surface area contributed by atoms with Crippen molar-refractivity contribution in [3.05, 3.63) is 29.8 Å². The molecule has 1 saturated carbocycles. The molecule has 1 aromatic carbocycles. The van der Waals surface area contributed by atoms with Crippen LogP contribution >= 0.6 is 7.82 Å². The highest BCUT2D eigenvalue weighted by atomic mass is 31.2. The Morgan fingerprint density at radius 3 is 1.97 bits per heavy atom. The van der Waals surface area contributed by atoms with Crippen LogP contribution in [0.25, 0.3) is 0 Å². The van der Waals surface area contributed by atoms with Crippen molar-refractivity contribution in [3.63, 3.8) is 0 Å². The Morgan fingerprint density at radius 1 is 0.974 bits per heavy atom. The van der Waals surface area contributed by atoms with E-state index < -0.39 is 79.5 Å². The fourth-order valence-electron chi connectivity index (χ4n) is 4.19. The van der Waals surface area contributed by atoms with E-state index in [1.54, 1.807) is 6.92 Å². The number of phosphoric acid groups is 1. The zero-order chi connectivity index (χ0) is 28.9. The van der Waals surface area contributed by atoms with Crippen molar-refractivity contribution in [2.75, 3.05) is 7.05 Å². The maximum atomic E-state index is 13.3. The SMILES string of the molecule is CNC(=O)[C@@H]1C(c2ccc(OP(=O)(O)O)cc2)[C@H]1C(=O)N[C@H](C(=O)N[C@@H](CC(N)=O)C(N)=O)C(C)C(C)C. The number of phosphoric ester groups is 1. The van der Waals surface area contributed by atoms with E-state index in [1.165, 1.54) is 31.3 Å². The van der Waals surface area contributed by atoms with Crippen LogP contribution in [-0.4, -0.2) is 58.5 Å². The molecule has 2 rings (SSSR count). The van der Waals surface area contributed by atoms with Crippen molar-refractivity contribution < 1.29 is 42.8 Å². The number of amides is 5. The van der Waals surface area contributed by atoms with Crippen LogP contribution < -0.4 is 31.9 Å². The van der Waals surface area contributed by atoms with Crippen molar-refractivity contribution in [2.24, 2.45) is 35.1 Å². The lowest BCUT2D eigenvalue weighted by atomic mass is 9.89. The summed E-state index contributed by atoms with van der Waals surface area (Å²) in [6.45, 7) is 5.39. The summed E-state index contributed by atoms with van der Waals surface area (Å²) < 4.78 is 15.6. The summed E-state index contributed by atoms with van der Waals surface area (Å²) in [5, 5.41) is 7.56. The highest BCUT2D eigenvalue weighted by molar-refractivity contribution is 7.46. The summed E-state index contributed by atoms with van der Waals surface area (Å²) in [7, 11) is -3.34. The Balaban J connectivity index is 2.27. The summed E-state index contributed by atoms with van der Waals surface area (Å²) in [6, 6.07) is 3.11. The molecule has 0 aromatic heterocycles. The largest absolute Gasteiger partial charge is 0.524 e. The molecule has 1 aliphatic rings. The number of hydrogen-bond donors (Lipinski definition) is 7. The topological polar surface area (TPSA) is 240 Å². The highest BCUT2D eigenvalue weighted by Gasteiger charge is 2.59. The van der Waals surface area contributed by atoms with Gasteiger partial charge in [0, 0.05) is 13.0 Å². The number of primary amides is 2. The molecule has 6 atom stereocenters. The van der Waals surface area contributed by atoms with Gasteiger partial charge >= 0.3 is 7.82 Å². The zero-order valence-corrected chi connectivity index (χ0v) is 22.3. The molecule has 0 bridgehead atoms. The second kappa shape index (κ2) is 12.4. The van der Waals surface area contributed by atoms with Crippen LogP contribution in [0.2, 0.25) is 0 Å². The molecule has 1 aliphatic carbocycles. The van der Waals surface area contributed by atoms with Gasteiger partial charge in [-0.15, -0.1) is 0 Å². The van der Waals surface area contributed by atoms with Crippen molar-refractivity contribution >= 4 is 37.4 Å². The van der Waals surface area contributed by atoms with Crippen LogP contribution in [0.15, 0.2) is 24.3 Å². The molecule has 1 aromatic rings. The minimum absolute atomic E-state index is 0.0828. The van der Waals surface area contributed by atoms with Gasteiger partial charge in [-0.05, 0) is 29.5 Å². The second-order valence-electron chi connectivity index (χ2n) is 9.57. The average molecular weight is 556 g/mol. The first kappa shape index (κ1) is 30.7. The zero-order valence-electron chi connectivity index (χ0n) is 21.4. The Morgan fingerprint density at radius 2 is 1.53 bits per heavy atom. The summed E-state index contributed by atoms with van der Waals surface area (Å²) in [4.78, 5) is 79.9. The van der Waals surface area contributed by atoms with E-state index in [4.69, 9.17) is 21.3 Å². The predicted molar refractivity (Wildman–Crippen MR) is 134 cm³/mol. The fraction of sp³-hybridized carbons (Fsp3) is 0.522. The molecule has 0 heterocycles. The van der Waals surface area contributed by atoms with E-state index >= 15 is 0 Å². The summed E-state index contributed by atoms with van der Waals surface area (Å²) in [5.74, 6) is -6.33. The Labute approximate surface area is 219 Å². The first-order valence-corrected chi connectivity index (χ1v) is 13.4. The van der Waals surface area contributed by atoms with Crippen molar-refractivity contribution in [3.8, 4) is 5.75 Å². The summed E-state index contributed by atoms with van der Waals surface area (Å²) in [5.41, 5.74) is 11.0. The Bertz CT molecular complexity index is 1120. The van der Waals surface area contributed by atoms with E-state index in [0.29, 0.717) is 5.56 Å². The fourth-order valence-corrected chi connectivity index (χ4v) is 4.58. The van der Waals surface area contributed by atoms with Crippen molar-refractivity contribution in [2.45, 2.75) is 45.2 Å². The van der Waals surface area contributed by atoms with E-state index in [2.05, 4.69) is 20.5 Å². The normalized spacial score (nSPS) is 21.0. The van der Waals surface area contributed by atoms with Crippen LogP contribution in [0, 0.1) is 23.7 Å². The molecule has 0 aliphatic heterocycles. The van der Waals surface area contributed by atoms with Gasteiger partial charge in [-0.2, -0.15) is 0 Å². The average Bonchev–Trinajstić information content (AvgIpc) is 3.55. The standard InChI is InChI=1S/C23H34N5O9P/c1-10(2)11(3)19(23(33)27-14(20(25)30)9-15(24)29)28-22(32)18-16(17(18)21(31)26-4)12-5-7-13(8-6-12)37-38(34,35)36/h5-8,10-11,14,16-19H,9H2,1-4H3,(H2,24,29)(H2,25,30)(H,26,31)(H,27,33)(H,28,32)(H2,34,35,36)/t11?,14-,16?,17+,18+,19-/m0/s1. The number of benzene rings is 1. The lowest BCUT2D eigenvalue weighted by molar-refractivity contribution is -0.134. The molecule has 210 valence electrons. The van der Waals surface area contributed by atoms with Crippen LogP contribution in [0.4, 0.5) is 0 Å². The molecule has 14 nitrogen and oxygen atoms in total. The quantitative estimate of drug-likeness (QED) is 0.145. The van der Waals surface area contributed by atoms with Gasteiger partial charge in [-0.3, -0.25) is 33.8 Å². The third kappa shape index (κ3) is 8.01. The first-order chi connectivity index (χ1) is 17.6. The van der Waals surface area contributed by atoms with Crippen LogP contribution in [0.1, 0.15) is 38.7 Å². The molecule has 15 heteroatoms. The maximum absolute atomic E-state index is 13.3. The van der Waals surface area contributed by atoms with Gasteiger partial charge < -0.3 is 31.9 Å². The lowest BCUT2D eigenvalue weighted by Gasteiger charge is -2.28. The summed E-state index contributed by atoms with van der Waals surface area (Å²) in [6.07, 6.45) is -0.511. The Kier molecular flexibility index (Phi) is 10.0. The van der Waals surface area contributed by atoms with E-state index in [1.807, 2.05) is 13.8 Å². The minimum atomic E-state index is -4.76. The number of hydrogen-bond acceptors (Lipinski definition) is 7. The lowest BCUT2D eigenvalue weighted by Crippen LogP contribution is -2.56. The number of nitrogens with one attached hydrogen (secondary N) is 3. The number of carbonyl (C=O) groups is 5. The molecular weight excluding hydrogens is 521 g/mol. The molecule has 0 saturated heterocycles. The first-order valence-electron chi connectivity index (χ1n) is 11.8. The smallest absolute Gasteiger partial charge is 0.404 e. The second-order valence-corrected chi connectivity index (χ2v) is 10.7. The third-order valence-electron chi connectivity index (χ3n) is 6.58. The molecule has 38 heavy (non-hydrogen) atoms. The van der Waals surface area contributed by atoms with Crippen LogP contribution in [0.5, 0.6) is 5.75 Å². The van der Waals surface area contributed by atoms with Crippen molar-refractivity contribution in [1.82, 2.24) is 16.0 Å². The van der Waals surface area contributed by atoms with Crippen LogP contribution in [-0.2, 0) is 28.5 Å². The number of nitrogens with two attached hydrogens (primary N) is 2. The molecule has 9 N–H and O–H groups in total. The minimum Gasteiger partial charge on any atom is -0.404 e. The van der Waals surface area contributed by atoms with Crippen LogP contribution in [0.3, 0.4) is 0 Å². The van der Waals surface area contributed by atoms with Gasteiger partial charge in [0.2, 0.25) is 29.5 Å². The van der Waals surface area contributed by atoms with Crippen molar-refractivity contribution in [1.29, 1.82) is 0 Å². The molecular formula is C23H34N5O9P. The highest BCUT2D eigenvalue weighted by Crippen LogP contribution is 2.54. The predicted octanol–water partition coefficient (Wildman–Crippen LogP) is -1.14. The van der Waals surface area contributed by atoms with Gasteiger partial charge in [-0.25, -0.2) is 4.57 Å². The van der Waals surface area contributed by atoms with Gasteiger partial charge in [0.15, 0.2) is 0 Å². The third-order valence-corrected chi connectivity index (χ3v) is 7.03. The molecule has 2 unspecified atom stereocenters. The molecule has 0 radical (unpaired) electrons. The van der Waals surface area contributed by atoms with E-state index in [-0.39, 0.29) is 11.7 Å².